The monoisotopic (exact) mass is 271 g/mol. The lowest BCUT2D eigenvalue weighted by Gasteiger charge is -2.31. The van der Waals surface area contributed by atoms with Crippen LogP contribution in [-0.4, -0.2) is 51.5 Å². The zero-order valence-electron chi connectivity index (χ0n) is 11.4. The predicted molar refractivity (Wildman–Crippen MR) is 74.7 cm³/mol. The molecule has 0 aliphatic carbocycles. The lowest BCUT2D eigenvalue weighted by atomic mass is 10.2. The molecule has 2 heterocycles. The molecule has 3 rings (SSSR count). The van der Waals surface area contributed by atoms with Crippen LogP contribution in [0.2, 0.25) is 0 Å². The van der Waals surface area contributed by atoms with E-state index in [-0.39, 0.29) is 5.91 Å². The summed E-state index contributed by atoms with van der Waals surface area (Å²) in [5.74, 6) is -0.0551. The fraction of sp³-hybridized carbons (Fsp3) is 0.357. The van der Waals surface area contributed by atoms with Gasteiger partial charge in [0.15, 0.2) is 5.69 Å². The summed E-state index contributed by atoms with van der Waals surface area (Å²) in [6.45, 7) is 4.30. The maximum Gasteiger partial charge on any atom is 0.276 e. The van der Waals surface area contributed by atoms with Crippen LogP contribution in [0.4, 0.5) is 0 Å². The van der Waals surface area contributed by atoms with Gasteiger partial charge >= 0.3 is 0 Å². The van der Waals surface area contributed by atoms with Gasteiger partial charge in [0.25, 0.3) is 5.91 Å². The van der Waals surface area contributed by atoms with Crippen LogP contribution in [0.5, 0.6) is 0 Å². The average Bonchev–Trinajstić information content (AvgIpc) is 2.97. The fourth-order valence-corrected chi connectivity index (χ4v) is 2.35. The van der Waals surface area contributed by atoms with Gasteiger partial charge in [-0.1, -0.05) is 23.4 Å². The zero-order valence-corrected chi connectivity index (χ0v) is 11.4. The highest BCUT2D eigenvalue weighted by molar-refractivity contribution is 5.92. The second kappa shape index (κ2) is 5.42. The maximum atomic E-state index is 12.4. The van der Waals surface area contributed by atoms with Crippen LogP contribution in [-0.2, 0) is 0 Å². The second-order valence-electron chi connectivity index (χ2n) is 4.99. The molecule has 2 aromatic rings. The summed E-state index contributed by atoms with van der Waals surface area (Å²) in [6.07, 6.45) is 1.68. The van der Waals surface area contributed by atoms with Crippen molar-refractivity contribution in [2.45, 2.75) is 13.0 Å². The summed E-state index contributed by atoms with van der Waals surface area (Å²) in [7, 11) is 0. The molecule has 0 unspecified atom stereocenters. The molecule has 1 atom stereocenters. The van der Waals surface area contributed by atoms with Crippen molar-refractivity contribution in [3.63, 3.8) is 0 Å². The van der Waals surface area contributed by atoms with Crippen LogP contribution >= 0.6 is 0 Å². The summed E-state index contributed by atoms with van der Waals surface area (Å²) >= 11 is 0. The molecule has 0 saturated carbocycles. The normalized spacial score (nSPS) is 19.1. The minimum absolute atomic E-state index is 0.0551. The van der Waals surface area contributed by atoms with E-state index in [1.54, 1.807) is 10.9 Å². The molecular formula is C14H17N5O. The number of nitrogens with one attached hydrogen (secondary N) is 1. The van der Waals surface area contributed by atoms with E-state index < -0.39 is 0 Å². The Morgan fingerprint density at radius 2 is 2.15 bits per heavy atom. The van der Waals surface area contributed by atoms with E-state index in [4.69, 9.17) is 0 Å². The lowest BCUT2D eigenvalue weighted by Crippen LogP contribution is -2.51. The molecule has 1 aliphatic heterocycles. The number of amides is 1. The van der Waals surface area contributed by atoms with Gasteiger partial charge < -0.3 is 10.2 Å². The number of rotatable bonds is 2. The molecule has 1 saturated heterocycles. The van der Waals surface area contributed by atoms with E-state index in [1.165, 1.54) is 0 Å². The highest BCUT2D eigenvalue weighted by Crippen LogP contribution is 2.09. The van der Waals surface area contributed by atoms with E-state index in [1.807, 2.05) is 35.2 Å². The van der Waals surface area contributed by atoms with Gasteiger partial charge in [-0.2, -0.15) is 0 Å². The molecule has 104 valence electrons. The van der Waals surface area contributed by atoms with Crippen LogP contribution in [0, 0.1) is 0 Å². The van der Waals surface area contributed by atoms with E-state index in [2.05, 4.69) is 22.6 Å². The van der Waals surface area contributed by atoms with Crippen LogP contribution in [0.15, 0.2) is 36.5 Å². The first-order chi connectivity index (χ1) is 9.74. The van der Waals surface area contributed by atoms with E-state index >= 15 is 0 Å². The van der Waals surface area contributed by atoms with Gasteiger partial charge in [0.1, 0.15) is 0 Å². The van der Waals surface area contributed by atoms with Gasteiger partial charge in [-0.15, -0.1) is 5.10 Å². The summed E-state index contributed by atoms with van der Waals surface area (Å²) in [5, 5.41) is 11.3. The molecule has 6 heteroatoms. The third-order valence-electron chi connectivity index (χ3n) is 3.39. The molecule has 0 radical (unpaired) electrons. The lowest BCUT2D eigenvalue weighted by molar-refractivity contribution is 0.0703. The minimum Gasteiger partial charge on any atom is -0.334 e. The Balaban J connectivity index is 1.78. The summed E-state index contributed by atoms with van der Waals surface area (Å²) < 4.78 is 1.62. The first-order valence-corrected chi connectivity index (χ1v) is 6.74. The number of aromatic nitrogens is 3. The van der Waals surface area contributed by atoms with Crippen molar-refractivity contribution < 1.29 is 4.79 Å². The van der Waals surface area contributed by atoms with Crippen molar-refractivity contribution in [2.24, 2.45) is 0 Å². The summed E-state index contributed by atoms with van der Waals surface area (Å²) in [4.78, 5) is 14.2. The van der Waals surface area contributed by atoms with E-state index in [0.717, 1.165) is 12.2 Å². The van der Waals surface area contributed by atoms with Gasteiger partial charge in [0.05, 0.1) is 11.9 Å². The predicted octanol–water partition coefficient (Wildman–Crippen LogP) is 0.701. The van der Waals surface area contributed by atoms with Crippen molar-refractivity contribution in [2.75, 3.05) is 19.6 Å². The molecule has 20 heavy (non-hydrogen) atoms. The molecule has 1 amide bonds. The number of nitrogens with zero attached hydrogens (tertiary/aromatic N) is 4. The van der Waals surface area contributed by atoms with Crippen molar-refractivity contribution in [3.05, 3.63) is 42.2 Å². The Kier molecular flexibility index (Phi) is 3.47. The number of para-hydroxylation sites is 1. The average molecular weight is 271 g/mol. The Labute approximate surface area is 117 Å². The smallest absolute Gasteiger partial charge is 0.276 e. The Morgan fingerprint density at radius 3 is 2.90 bits per heavy atom. The minimum atomic E-state index is -0.0551. The van der Waals surface area contributed by atoms with Crippen LogP contribution in [0.25, 0.3) is 5.69 Å². The van der Waals surface area contributed by atoms with Crippen LogP contribution in [0.3, 0.4) is 0 Å². The number of hydrogen-bond donors (Lipinski definition) is 1. The Bertz CT molecular complexity index is 595. The molecule has 0 spiro atoms. The number of piperazine rings is 1. The first-order valence-electron chi connectivity index (χ1n) is 6.74. The Morgan fingerprint density at radius 1 is 1.35 bits per heavy atom. The molecule has 1 N–H and O–H groups in total. The highest BCUT2D eigenvalue weighted by atomic mass is 16.2. The second-order valence-corrected chi connectivity index (χ2v) is 4.99. The standard InChI is InChI=1S/C14H17N5O/c1-11-9-18(8-7-15-11)14(20)13-10-19(17-16-13)12-5-3-2-4-6-12/h2-6,10-11,15H,7-9H2,1H3/t11-/m1/s1. The van der Waals surface area contributed by atoms with E-state index in [0.29, 0.717) is 24.8 Å². The topological polar surface area (TPSA) is 63.1 Å². The van der Waals surface area contributed by atoms with Gasteiger partial charge in [-0.3, -0.25) is 4.79 Å². The van der Waals surface area contributed by atoms with Gasteiger partial charge in [0.2, 0.25) is 0 Å². The highest BCUT2D eigenvalue weighted by Gasteiger charge is 2.23. The fourth-order valence-electron chi connectivity index (χ4n) is 2.35. The van der Waals surface area contributed by atoms with Gasteiger partial charge in [-0.25, -0.2) is 4.68 Å². The molecule has 1 aliphatic rings. The van der Waals surface area contributed by atoms with E-state index in [9.17, 15) is 4.79 Å². The largest absolute Gasteiger partial charge is 0.334 e. The molecule has 1 aromatic heterocycles. The molecule has 1 fully saturated rings. The summed E-state index contributed by atoms with van der Waals surface area (Å²) in [6, 6.07) is 9.96. The van der Waals surface area contributed by atoms with Crippen molar-refractivity contribution >= 4 is 5.91 Å². The molecule has 6 nitrogen and oxygen atoms in total. The maximum absolute atomic E-state index is 12.4. The number of hydrogen-bond acceptors (Lipinski definition) is 4. The number of carbonyl (C=O) groups excluding carboxylic acids is 1. The van der Waals surface area contributed by atoms with Crippen molar-refractivity contribution in [1.82, 2.24) is 25.2 Å². The van der Waals surface area contributed by atoms with Gasteiger partial charge in [0, 0.05) is 25.7 Å². The van der Waals surface area contributed by atoms with Crippen LogP contribution < -0.4 is 5.32 Å². The molecule has 0 bridgehead atoms. The number of benzene rings is 1. The summed E-state index contributed by atoms with van der Waals surface area (Å²) in [5.41, 5.74) is 1.29. The number of carbonyl (C=O) groups is 1. The van der Waals surface area contributed by atoms with Crippen molar-refractivity contribution in [1.29, 1.82) is 0 Å². The zero-order chi connectivity index (χ0) is 13.9. The molecule has 1 aromatic carbocycles. The third kappa shape index (κ3) is 2.55. The third-order valence-corrected chi connectivity index (χ3v) is 3.39. The van der Waals surface area contributed by atoms with Gasteiger partial charge in [-0.05, 0) is 19.1 Å². The first kappa shape index (κ1) is 12.8. The van der Waals surface area contributed by atoms with Crippen LogP contribution in [0.1, 0.15) is 17.4 Å². The quantitative estimate of drug-likeness (QED) is 0.873. The SMILES string of the molecule is C[C@@H]1CN(C(=O)c2cn(-c3ccccc3)nn2)CCN1. The Hall–Kier alpha value is -2.21. The van der Waals surface area contributed by atoms with Crippen molar-refractivity contribution in [3.8, 4) is 5.69 Å². The molecular weight excluding hydrogens is 254 g/mol.